The Morgan fingerprint density at radius 3 is 2.80 bits per heavy atom. The highest BCUT2D eigenvalue weighted by atomic mass is 16.5. The molecule has 0 aliphatic rings. The van der Waals surface area contributed by atoms with Gasteiger partial charge in [0.05, 0.1) is 12.2 Å². The average molecular weight is 209 g/mol. The number of aliphatic carboxylic acids is 1. The van der Waals surface area contributed by atoms with Crippen molar-refractivity contribution in [1.82, 2.24) is 0 Å². The van der Waals surface area contributed by atoms with Gasteiger partial charge < -0.3 is 20.4 Å². The maximum atomic E-state index is 10.7. The monoisotopic (exact) mass is 209 g/mol. The summed E-state index contributed by atoms with van der Waals surface area (Å²) in [5.41, 5.74) is 4.10. The summed E-state index contributed by atoms with van der Waals surface area (Å²) in [4.78, 5) is 10.7. The molecule has 3 N–H and O–H groups in total. The SMILES string of the molecule is CCCOc1ccccc1[C@@H]([NH3+])C(=O)[O-]. The lowest BCUT2D eigenvalue weighted by Gasteiger charge is -2.14. The summed E-state index contributed by atoms with van der Waals surface area (Å²) in [6.07, 6.45) is 0.876. The van der Waals surface area contributed by atoms with Crippen molar-refractivity contribution in [3.63, 3.8) is 0 Å². The van der Waals surface area contributed by atoms with Crippen molar-refractivity contribution >= 4 is 5.97 Å². The van der Waals surface area contributed by atoms with E-state index in [-0.39, 0.29) is 0 Å². The summed E-state index contributed by atoms with van der Waals surface area (Å²) in [7, 11) is 0. The highest BCUT2D eigenvalue weighted by Crippen LogP contribution is 2.22. The van der Waals surface area contributed by atoms with Gasteiger partial charge in [0, 0.05) is 0 Å². The van der Waals surface area contributed by atoms with E-state index in [0.717, 1.165) is 6.42 Å². The first kappa shape index (κ1) is 11.5. The number of quaternary nitrogens is 1. The van der Waals surface area contributed by atoms with Gasteiger partial charge in [0.15, 0.2) is 6.04 Å². The lowest BCUT2D eigenvalue weighted by atomic mass is 10.1. The van der Waals surface area contributed by atoms with Gasteiger partial charge in [-0.3, -0.25) is 0 Å². The van der Waals surface area contributed by atoms with Gasteiger partial charge in [0.1, 0.15) is 11.7 Å². The Kier molecular flexibility index (Phi) is 4.12. The van der Waals surface area contributed by atoms with Crippen LogP contribution in [0.3, 0.4) is 0 Å². The minimum Gasteiger partial charge on any atom is -0.544 e. The maximum absolute atomic E-state index is 10.7. The van der Waals surface area contributed by atoms with Crippen LogP contribution in [0, 0.1) is 0 Å². The van der Waals surface area contributed by atoms with Crippen molar-refractivity contribution in [2.45, 2.75) is 19.4 Å². The fraction of sp³-hybridized carbons (Fsp3) is 0.364. The first-order valence-electron chi connectivity index (χ1n) is 4.92. The molecule has 4 heteroatoms. The van der Waals surface area contributed by atoms with Crippen LogP contribution < -0.4 is 15.6 Å². The predicted molar refractivity (Wildman–Crippen MR) is 52.9 cm³/mol. The predicted octanol–water partition coefficient (Wildman–Crippen LogP) is -0.492. The number of hydrogen-bond acceptors (Lipinski definition) is 3. The number of rotatable bonds is 5. The Morgan fingerprint density at radius 2 is 2.20 bits per heavy atom. The highest BCUT2D eigenvalue weighted by Gasteiger charge is 2.15. The number of carboxylic acids is 1. The standard InChI is InChI=1S/C11H15NO3/c1-2-7-15-9-6-4-3-5-8(9)10(12)11(13)14/h3-6,10H,2,7,12H2,1H3,(H,13,14)/t10-/m1/s1. The van der Waals surface area contributed by atoms with Crippen LogP contribution in [0.4, 0.5) is 0 Å². The van der Waals surface area contributed by atoms with Gasteiger partial charge in [0.2, 0.25) is 0 Å². The van der Waals surface area contributed by atoms with Crippen molar-refractivity contribution in [3.8, 4) is 5.75 Å². The van der Waals surface area contributed by atoms with Crippen LogP contribution in [0.2, 0.25) is 0 Å². The number of para-hydroxylation sites is 1. The average Bonchev–Trinajstić information content (AvgIpc) is 2.25. The quantitative estimate of drug-likeness (QED) is 0.710. The number of hydrogen-bond donors (Lipinski definition) is 1. The van der Waals surface area contributed by atoms with Crippen molar-refractivity contribution in [2.24, 2.45) is 0 Å². The first-order chi connectivity index (χ1) is 7.16. The van der Waals surface area contributed by atoms with Gasteiger partial charge in [-0.25, -0.2) is 0 Å². The van der Waals surface area contributed by atoms with Crippen LogP contribution >= 0.6 is 0 Å². The summed E-state index contributed by atoms with van der Waals surface area (Å²) in [6, 6.07) is 6.11. The van der Waals surface area contributed by atoms with Gasteiger partial charge in [-0.1, -0.05) is 19.1 Å². The number of carbonyl (C=O) groups is 1. The van der Waals surface area contributed by atoms with Gasteiger partial charge in [-0.05, 0) is 18.6 Å². The maximum Gasteiger partial charge on any atom is 0.154 e. The van der Waals surface area contributed by atoms with Crippen LogP contribution in [-0.4, -0.2) is 12.6 Å². The van der Waals surface area contributed by atoms with Gasteiger partial charge in [-0.15, -0.1) is 0 Å². The Hall–Kier alpha value is -1.55. The molecule has 0 unspecified atom stereocenters. The number of benzene rings is 1. The molecule has 1 rings (SSSR count). The molecular weight excluding hydrogens is 194 g/mol. The second-order valence-electron chi connectivity index (χ2n) is 3.26. The zero-order valence-corrected chi connectivity index (χ0v) is 8.73. The molecule has 0 radical (unpaired) electrons. The first-order valence-corrected chi connectivity index (χ1v) is 4.92. The van der Waals surface area contributed by atoms with Crippen LogP contribution in [0.25, 0.3) is 0 Å². The molecule has 15 heavy (non-hydrogen) atoms. The van der Waals surface area contributed by atoms with E-state index in [2.05, 4.69) is 5.73 Å². The van der Waals surface area contributed by atoms with Crippen molar-refractivity contribution in [2.75, 3.05) is 6.61 Å². The second-order valence-corrected chi connectivity index (χ2v) is 3.26. The Labute approximate surface area is 88.7 Å². The minimum absolute atomic E-state index is 0.561. The summed E-state index contributed by atoms with van der Waals surface area (Å²) in [5, 5.41) is 10.7. The molecule has 0 aromatic heterocycles. The molecule has 0 saturated heterocycles. The van der Waals surface area contributed by atoms with E-state index >= 15 is 0 Å². The number of carbonyl (C=O) groups excluding carboxylic acids is 1. The lowest BCUT2D eigenvalue weighted by molar-refractivity contribution is -0.443. The molecule has 0 heterocycles. The molecule has 1 aromatic carbocycles. The molecule has 0 aliphatic carbocycles. The zero-order valence-electron chi connectivity index (χ0n) is 8.73. The Morgan fingerprint density at radius 1 is 1.53 bits per heavy atom. The molecule has 0 fully saturated rings. The van der Waals surface area contributed by atoms with E-state index in [9.17, 15) is 9.90 Å². The zero-order chi connectivity index (χ0) is 11.3. The largest absolute Gasteiger partial charge is 0.544 e. The summed E-state index contributed by atoms with van der Waals surface area (Å²) < 4.78 is 5.43. The molecule has 0 spiro atoms. The normalized spacial score (nSPS) is 12.1. The molecule has 82 valence electrons. The Balaban J connectivity index is 2.90. The van der Waals surface area contributed by atoms with Crippen LogP contribution in [-0.2, 0) is 4.79 Å². The second kappa shape index (κ2) is 5.36. The molecule has 0 aliphatic heterocycles. The third kappa shape index (κ3) is 2.95. The number of carboxylic acid groups (broad SMARTS) is 1. The molecule has 1 aromatic rings. The van der Waals surface area contributed by atoms with Crippen LogP contribution in [0.15, 0.2) is 24.3 Å². The van der Waals surface area contributed by atoms with Crippen LogP contribution in [0.1, 0.15) is 24.9 Å². The third-order valence-electron chi connectivity index (χ3n) is 2.04. The summed E-state index contributed by atoms with van der Waals surface area (Å²) in [6.45, 7) is 2.56. The molecular formula is C11H15NO3. The van der Waals surface area contributed by atoms with E-state index < -0.39 is 12.0 Å². The smallest absolute Gasteiger partial charge is 0.154 e. The summed E-state index contributed by atoms with van der Waals surface area (Å²) in [5.74, 6) is -0.619. The summed E-state index contributed by atoms with van der Waals surface area (Å²) >= 11 is 0. The molecule has 1 atom stereocenters. The van der Waals surface area contributed by atoms with Gasteiger partial charge in [-0.2, -0.15) is 0 Å². The lowest BCUT2D eigenvalue weighted by Crippen LogP contribution is -2.61. The third-order valence-corrected chi connectivity index (χ3v) is 2.04. The van der Waals surface area contributed by atoms with Crippen LogP contribution in [0.5, 0.6) is 5.75 Å². The molecule has 0 amide bonds. The molecule has 0 bridgehead atoms. The van der Waals surface area contributed by atoms with Gasteiger partial charge >= 0.3 is 0 Å². The van der Waals surface area contributed by atoms with E-state index in [4.69, 9.17) is 4.74 Å². The number of ether oxygens (including phenoxy) is 1. The van der Waals surface area contributed by atoms with E-state index in [1.165, 1.54) is 0 Å². The fourth-order valence-electron chi connectivity index (χ4n) is 1.24. The van der Waals surface area contributed by atoms with Crippen molar-refractivity contribution in [3.05, 3.63) is 29.8 Å². The van der Waals surface area contributed by atoms with Gasteiger partial charge in [0.25, 0.3) is 0 Å². The van der Waals surface area contributed by atoms with E-state index in [1.807, 2.05) is 6.92 Å². The molecule has 4 nitrogen and oxygen atoms in total. The molecule has 0 saturated carbocycles. The van der Waals surface area contributed by atoms with Crippen molar-refractivity contribution in [1.29, 1.82) is 0 Å². The Bertz CT molecular complexity index is 338. The topological polar surface area (TPSA) is 77.0 Å². The minimum atomic E-state index is -1.19. The fourth-order valence-corrected chi connectivity index (χ4v) is 1.24. The van der Waals surface area contributed by atoms with E-state index in [0.29, 0.717) is 17.9 Å². The highest BCUT2D eigenvalue weighted by molar-refractivity contribution is 5.72. The van der Waals surface area contributed by atoms with Crippen molar-refractivity contribution < 1.29 is 20.4 Å². The van der Waals surface area contributed by atoms with E-state index in [1.54, 1.807) is 24.3 Å².